The Morgan fingerprint density at radius 3 is 2.55 bits per heavy atom. The minimum Gasteiger partial charge on any atom is -0.392 e. The van der Waals surface area contributed by atoms with E-state index in [-0.39, 0.29) is 16.9 Å². The molecule has 0 aromatic heterocycles. The fourth-order valence-electron chi connectivity index (χ4n) is 1.73. The third-order valence-electron chi connectivity index (χ3n) is 3.16. The lowest BCUT2D eigenvalue weighted by molar-refractivity contribution is 0.153. The van der Waals surface area contributed by atoms with Crippen molar-refractivity contribution in [3.05, 3.63) is 29.8 Å². The van der Waals surface area contributed by atoms with Crippen molar-refractivity contribution in [2.24, 2.45) is 5.41 Å². The number of hydrogen-bond donors (Lipinski definition) is 2. The molecule has 5 nitrogen and oxygen atoms in total. The summed E-state index contributed by atoms with van der Waals surface area (Å²) in [6, 6.07) is 6.44. The highest BCUT2D eigenvalue weighted by molar-refractivity contribution is 7.89. The summed E-state index contributed by atoms with van der Waals surface area (Å²) >= 11 is 0. The lowest BCUT2D eigenvalue weighted by Crippen LogP contribution is -2.35. The van der Waals surface area contributed by atoms with E-state index in [0.717, 1.165) is 6.42 Å². The summed E-state index contributed by atoms with van der Waals surface area (Å²) in [7, 11) is -1.99. The largest absolute Gasteiger partial charge is 0.392 e. The molecule has 0 saturated heterocycles. The second-order valence-electron chi connectivity index (χ2n) is 5.50. The number of methoxy groups -OCH3 is 1. The molecule has 0 unspecified atom stereocenters. The lowest BCUT2D eigenvalue weighted by Gasteiger charge is -2.24. The molecule has 0 fully saturated rings. The standard InChI is InChI=1S/C14H23NO4S/c1-14(2,8-9-19-3)11-15-20(17,18)13-7-5-4-6-12(13)10-16/h4-7,15-16H,8-11H2,1-3H3. The molecular formula is C14H23NO4S. The van der Waals surface area contributed by atoms with Crippen LogP contribution in [-0.2, 0) is 21.4 Å². The van der Waals surface area contributed by atoms with E-state index in [1.807, 2.05) is 13.8 Å². The van der Waals surface area contributed by atoms with Crippen molar-refractivity contribution in [2.75, 3.05) is 20.3 Å². The van der Waals surface area contributed by atoms with Gasteiger partial charge in [-0.3, -0.25) is 0 Å². The molecule has 0 bridgehead atoms. The first-order chi connectivity index (χ1) is 9.32. The molecule has 0 saturated carbocycles. The number of aliphatic hydroxyl groups excluding tert-OH is 1. The molecule has 0 radical (unpaired) electrons. The second kappa shape index (κ2) is 7.17. The van der Waals surface area contributed by atoms with Gasteiger partial charge in [-0.05, 0) is 23.5 Å². The second-order valence-corrected chi connectivity index (χ2v) is 7.23. The molecule has 1 aromatic rings. The smallest absolute Gasteiger partial charge is 0.240 e. The van der Waals surface area contributed by atoms with Gasteiger partial charge in [-0.25, -0.2) is 13.1 Å². The van der Waals surface area contributed by atoms with Crippen LogP contribution in [0, 0.1) is 5.41 Å². The summed E-state index contributed by atoms with van der Waals surface area (Å²) in [5.41, 5.74) is 0.201. The number of ether oxygens (including phenoxy) is 1. The fraction of sp³-hybridized carbons (Fsp3) is 0.571. The number of sulfonamides is 1. The van der Waals surface area contributed by atoms with E-state index < -0.39 is 10.0 Å². The van der Waals surface area contributed by atoms with Crippen molar-refractivity contribution in [2.45, 2.75) is 31.8 Å². The lowest BCUT2D eigenvalue weighted by atomic mass is 9.90. The molecule has 2 N–H and O–H groups in total. The maximum atomic E-state index is 12.3. The van der Waals surface area contributed by atoms with Crippen molar-refractivity contribution in [1.82, 2.24) is 4.72 Å². The van der Waals surface area contributed by atoms with Gasteiger partial charge in [0.25, 0.3) is 0 Å². The fourth-order valence-corrected chi connectivity index (χ4v) is 3.20. The Kier molecular flexibility index (Phi) is 6.13. The molecule has 0 amide bonds. The van der Waals surface area contributed by atoms with Crippen molar-refractivity contribution in [3.63, 3.8) is 0 Å². The van der Waals surface area contributed by atoms with Crippen molar-refractivity contribution in [3.8, 4) is 0 Å². The van der Waals surface area contributed by atoms with E-state index in [2.05, 4.69) is 4.72 Å². The van der Waals surface area contributed by atoms with Gasteiger partial charge in [0.1, 0.15) is 0 Å². The molecule has 114 valence electrons. The van der Waals surface area contributed by atoms with Crippen LogP contribution in [0.2, 0.25) is 0 Å². The van der Waals surface area contributed by atoms with Gasteiger partial charge in [0.2, 0.25) is 10.0 Å². The zero-order valence-corrected chi connectivity index (χ0v) is 13.0. The summed E-state index contributed by atoms with van der Waals surface area (Å²) in [6.07, 6.45) is 0.758. The molecule has 0 heterocycles. The van der Waals surface area contributed by atoms with Crippen LogP contribution in [0.4, 0.5) is 0 Å². The first-order valence-electron chi connectivity index (χ1n) is 6.50. The van der Waals surface area contributed by atoms with Gasteiger partial charge in [-0.1, -0.05) is 32.0 Å². The SMILES string of the molecule is COCCC(C)(C)CNS(=O)(=O)c1ccccc1CO. The van der Waals surface area contributed by atoms with Crippen molar-refractivity contribution < 1.29 is 18.3 Å². The van der Waals surface area contributed by atoms with Crippen LogP contribution in [0.15, 0.2) is 29.2 Å². The van der Waals surface area contributed by atoms with Gasteiger partial charge in [0.05, 0.1) is 11.5 Å². The summed E-state index contributed by atoms with van der Waals surface area (Å²) in [4.78, 5) is 0.130. The Balaban J connectivity index is 2.80. The maximum Gasteiger partial charge on any atom is 0.240 e. The Morgan fingerprint density at radius 1 is 1.30 bits per heavy atom. The van der Waals surface area contributed by atoms with Crippen LogP contribution in [0.25, 0.3) is 0 Å². The van der Waals surface area contributed by atoms with Gasteiger partial charge in [0.15, 0.2) is 0 Å². The van der Waals surface area contributed by atoms with Crippen LogP contribution in [0.5, 0.6) is 0 Å². The monoisotopic (exact) mass is 301 g/mol. The third kappa shape index (κ3) is 4.86. The number of rotatable bonds is 8. The molecule has 0 aliphatic rings. The zero-order valence-electron chi connectivity index (χ0n) is 12.2. The molecule has 20 heavy (non-hydrogen) atoms. The Labute approximate surface area is 121 Å². The van der Waals surface area contributed by atoms with E-state index in [1.54, 1.807) is 25.3 Å². The van der Waals surface area contributed by atoms with E-state index in [9.17, 15) is 13.5 Å². The zero-order chi connectivity index (χ0) is 15.2. The molecule has 0 spiro atoms. The van der Waals surface area contributed by atoms with Crippen LogP contribution in [-0.4, -0.2) is 33.8 Å². The van der Waals surface area contributed by atoms with Gasteiger partial charge in [-0.15, -0.1) is 0 Å². The highest BCUT2D eigenvalue weighted by atomic mass is 32.2. The average molecular weight is 301 g/mol. The Hall–Kier alpha value is -0.950. The number of benzene rings is 1. The molecular weight excluding hydrogens is 278 g/mol. The normalized spacial score (nSPS) is 12.6. The molecule has 1 aromatic carbocycles. The molecule has 0 aliphatic heterocycles. The highest BCUT2D eigenvalue weighted by Gasteiger charge is 2.23. The molecule has 0 aliphatic carbocycles. The summed E-state index contributed by atoms with van der Waals surface area (Å²) in [6.45, 7) is 4.56. The van der Waals surface area contributed by atoms with E-state index >= 15 is 0 Å². The minimum atomic E-state index is -3.61. The van der Waals surface area contributed by atoms with E-state index in [1.165, 1.54) is 6.07 Å². The molecule has 6 heteroatoms. The van der Waals surface area contributed by atoms with Crippen LogP contribution in [0.3, 0.4) is 0 Å². The quantitative estimate of drug-likeness (QED) is 0.763. The van der Waals surface area contributed by atoms with E-state index in [0.29, 0.717) is 18.7 Å². The Bertz CT molecular complexity index is 526. The van der Waals surface area contributed by atoms with Crippen LogP contribution >= 0.6 is 0 Å². The Morgan fingerprint density at radius 2 is 1.95 bits per heavy atom. The van der Waals surface area contributed by atoms with Gasteiger partial charge >= 0.3 is 0 Å². The van der Waals surface area contributed by atoms with Crippen LogP contribution in [0.1, 0.15) is 25.8 Å². The van der Waals surface area contributed by atoms with Crippen molar-refractivity contribution in [1.29, 1.82) is 0 Å². The third-order valence-corrected chi connectivity index (χ3v) is 4.66. The van der Waals surface area contributed by atoms with Gasteiger partial charge in [0, 0.05) is 20.3 Å². The maximum absolute atomic E-state index is 12.3. The highest BCUT2D eigenvalue weighted by Crippen LogP contribution is 2.21. The first kappa shape index (κ1) is 17.1. The number of hydrogen-bond acceptors (Lipinski definition) is 4. The van der Waals surface area contributed by atoms with Gasteiger partial charge < -0.3 is 9.84 Å². The minimum absolute atomic E-state index is 0.130. The molecule has 0 atom stereocenters. The van der Waals surface area contributed by atoms with Crippen LogP contribution < -0.4 is 4.72 Å². The van der Waals surface area contributed by atoms with Gasteiger partial charge in [-0.2, -0.15) is 0 Å². The van der Waals surface area contributed by atoms with Crippen molar-refractivity contribution >= 4 is 10.0 Å². The number of nitrogens with one attached hydrogen (secondary N) is 1. The predicted octanol–water partition coefficient (Wildman–Crippen LogP) is 1.52. The summed E-state index contributed by atoms with van der Waals surface area (Å²) < 4.78 is 32.2. The number of aliphatic hydroxyl groups is 1. The molecule has 1 rings (SSSR count). The summed E-state index contributed by atoms with van der Waals surface area (Å²) in [5, 5.41) is 9.22. The average Bonchev–Trinajstić information content (AvgIpc) is 2.43. The topological polar surface area (TPSA) is 75.6 Å². The predicted molar refractivity (Wildman–Crippen MR) is 77.8 cm³/mol. The summed E-state index contributed by atoms with van der Waals surface area (Å²) in [5.74, 6) is 0. The van der Waals surface area contributed by atoms with E-state index in [4.69, 9.17) is 4.74 Å². The first-order valence-corrected chi connectivity index (χ1v) is 7.98.